The number of amides is 1. The van der Waals surface area contributed by atoms with Gasteiger partial charge >= 0.3 is 6.09 Å². The number of carbonyl (C=O) groups excluding carboxylic acids is 1. The van der Waals surface area contributed by atoms with Crippen molar-refractivity contribution in [2.45, 2.75) is 32.4 Å². The maximum Gasteiger partial charge on any atom is 0.409 e. The first kappa shape index (κ1) is 13.7. The highest BCUT2D eigenvalue weighted by Gasteiger charge is 2.22. The van der Waals surface area contributed by atoms with E-state index in [1.165, 1.54) is 6.33 Å². The Balaban J connectivity index is 1.70. The smallest absolute Gasteiger partial charge is 0.409 e. The van der Waals surface area contributed by atoms with Crippen LogP contribution in [-0.2, 0) is 11.3 Å². The second-order valence-corrected chi connectivity index (χ2v) is 4.59. The zero-order chi connectivity index (χ0) is 13.5. The van der Waals surface area contributed by atoms with E-state index in [9.17, 15) is 4.79 Å². The molecule has 2 rings (SSSR count). The summed E-state index contributed by atoms with van der Waals surface area (Å²) >= 11 is 0. The normalized spacial score (nSPS) is 16.4. The number of likely N-dealkylation sites (tertiary alicyclic amines) is 1. The van der Waals surface area contributed by atoms with Crippen molar-refractivity contribution in [2.75, 3.05) is 19.7 Å². The van der Waals surface area contributed by atoms with Gasteiger partial charge in [0.25, 0.3) is 0 Å². The first-order chi connectivity index (χ1) is 9.29. The minimum Gasteiger partial charge on any atom is -0.450 e. The number of piperidine rings is 1. The number of hydrogen-bond acceptors (Lipinski definition) is 5. The summed E-state index contributed by atoms with van der Waals surface area (Å²) < 4.78 is 5.00. The van der Waals surface area contributed by atoms with Crippen LogP contribution in [0.5, 0.6) is 0 Å². The van der Waals surface area contributed by atoms with Gasteiger partial charge in [-0.25, -0.2) is 14.8 Å². The van der Waals surface area contributed by atoms with Gasteiger partial charge in [0.15, 0.2) is 0 Å². The van der Waals surface area contributed by atoms with Crippen LogP contribution in [0.1, 0.15) is 25.3 Å². The van der Waals surface area contributed by atoms with Gasteiger partial charge in [-0.15, -0.1) is 0 Å². The second kappa shape index (κ2) is 7.04. The van der Waals surface area contributed by atoms with Crippen LogP contribution in [0.2, 0.25) is 0 Å². The van der Waals surface area contributed by atoms with Gasteiger partial charge in [0.1, 0.15) is 6.33 Å². The summed E-state index contributed by atoms with van der Waals surface area (Å²) in [7, 11) is 0. The standard InChI is InChI=1S/C13H20N4O2/c1-2-19-13(18)17-5-3-12(4-6-17)16-9-11-7-14-10-15-8-11/h7-8,10,12,16H,2-6,9H2,1H3. The minimum absolute atomic E-state index is 0.197. The van der Waals surface area contributed by atoms with Gasteiger partial charge in [0.05, 0.1) is 6.61 Å². The second-order valence-electron chi connectivity index (χ2n) is 4.59. The third-order valence-electron chi connectivity index (χ3n) is 3.23. The van der Waals surface area contributed by atoms with Gasteiger partial charge in [0.2, 0.25) is 0 Å². The molecular formula is C13H20N4O2. The Morgan fingerprint density at radius 2 is 2.11 bits per heavy atom. The van der Waals surface area contributed by atoms with Crippen molar-refractivity contribution < 1.29 is 9.53 Å². The quantitative estimate of drug-likeness (QED) is 0.884. The predicted octanol–water partition coefficient (Wildman–Crippen LogP) is 1.19. The molecule has 1 aromatic rings. The van der Waals surface area contributed by atoms with E-state index in [1.807, 2.05) is 19.3 Å². The van der Waals surface area contributed by atoms with Crippen molar-refractivity contribution in [3.63, 3.8) is 0 Å². The fourth-order valence-corrected chi connectivity index (χ4v) is 2.16. The van der Waals surface area contributed by atoms with Crippen LogP contribution in [0.25, 0.3) is 0 Å². The van der Waals surface area contributed by atoms with E-state index in [-0.39, 0.29) is 6.09 Å². The minimum atomic E-state index is -0.197. The van der Waals surface area contributed by atoms with Crippen molar-refractivity contribution in [3.8, 4) is 0 Å². The van der Waals surface area contributed by atoms with E-state index in [0.717, 1.165) is 38.0 Å². The number of ether oxygens (including phenoxy) is 1. The average molecular weight is 264 g/mol. The molecule has 0 atom stereocenters. The molecule has 1 amide bonds. The van der Waals surface area contributed by atoms with E-state index in [2.05, 4.69) is 15.3 Å². The van der Waals surface area contributed by atoms with E-state index in [4.69, 9.17) is 4.74 Å². The van der Waals surface area contributed by atoms with E-state index < -0.39 is 0 Å². The molecule has 0 saturated carbocycles. The number of hydrogen-bond donors (Lipinski definition) is 1. The Labute approximate surface area is 113 Å². The highest BCUT2D eigenvalue weighted by Crippen LogP contribution is 2.12. The lowest BCUT2D eigenvalue weighted by Gasteiger charge is -2.31. The van der Waals surface area contributed by atoms with Gasteiger partial charge in [-0.1, -0.05) is 0 Å². The molecule has 104 valence electrons. The topological polar surface area (TPSA) is 67.3 Å². The fraction of sp³-hybridized carbons (Fsp3) is 0.615. The number of rotatable bonds is 4. The lowest BCUT2D eigenvalue weighted by Crippen LogP contribution is -2.44. The molecule has 0 unspecified atom stereocenters. The summed E-state index contributed by atoms with van der Waals surface area (Å²) in [5, 5.41) is 3.47. The molecule has 1 saturated heterocycles. The van der Waals surface area contributed by atoms with Crippen LogP contribution >= 0.6 is 0 Å². The van der Waals surface area contributed by atoms with Gasteiger partial charge in [-0.2, -0.15) is 0 Å². The molecule has 0 radical (unpaired) electrons. The summed E-state index contributed by atoms with van der Waals surface area (Å²) in [6, 6.07) is 0.436. The molecule has 6 nitrogen and oxygen atoms in total. The van der Waals surface area contributed by atoms with Crippen molar-refractivity contribution in [3.05, 3.63) is 24.3 Å². The third kappa shape index (κ3) is 4.17. The van der Waals surface area contributed by atoms with Gasteiger partial charge in [-0.3, -0.25) is 0 Å². The van der Waals surface area contributed by atoms with Crippen molar-refractivity contribution in [2.24, 2.45) is 0 Å². The summed E-state index contributed by atoms with van der Waals surface area (Å²) in [6.45, 7) is 4.54. The number of nitrogens with zero attached hydrogens (tertiary/aromatic N) is 3. The van der Waals surface area contributed by atoms with E-state index in [0.29, 0.717) is 12.6 Å². The predicted molar refractivity (Wildman–Crippen MR) is 70.5 cm³/mol. The van der Waals surface area contributed by atoms with E-state index >= 15 is 0 Å². The third-order valence-corrected chi connectivity index (χ3v) is 3.23. The maximum atomic E-state index is 11.6. The molecule has 0 spiro atoms. The molecule has 1 N–H and O–H groups in total. The first-order valence-electron chi connectivity index (χ1n) is 6.68. The molecule has 1 aromatic heterocycles. The zero-order valence-corrected chi connectivity index (χ0v) is 11.2. The van der Waals surface area contributed by atoms with Gasteiger partial charge < -0.3 is 15.0 Å². The molecule has 1 fully saturated rings. The van der Waals surface area contributed by atoms with E-state index in [1.54, 1.807) is 4.90 Å². The van der Waals surface area contributed by atoms with Crippen LogP contribution in [0.15, 0.2) is 18.7 Å². The average Bonchev–Trinajstić information content (AvgIpc) is 2.47. The molecule has 0 bridgehead atoms. The Hall–Kier alpha value is -1.69. The SMILES string of the molecule is CCOC(=O)N1CCC(NCc2cncnc2)CC1. The monoisotopic (exact) mass is 264 g/mol. The van der Waals surface area contributed by atoms with Crippen LogP contribution in [-0.4, -0.2) is 46.7 Å². The van der Waals surface area contributed by atoms with Crippen LogP contribution < -0.4 is 5.32 Å². The maximum absolute atomic E-state index is 11.6. The van der Waals surface area contributed by atoms with Crippen LogP contribution in [0.4, 0.5) is 4.79 Å². The molecule has 0 aromatic carbocycles. The highest BCUT2D eigenvalue weighted by atomic mass is 16.6. The molecule has 6 heteroatoms. The molecule has 19 heavy (non-hydrogen) atoms. The van der Waals surface area contributed by atoms with Gasteiger partial charge in [-0.05, 0) is 19.8 Å². The lowest BCUT2D eigenvalue weighted by molar-refractivity contribution is 0.0950. The Bertz CT molecular complexity index is 391. The molecule has 2 heterocycles. The summed E-state index contributed by atoms with van der Waals surface area (Å²) in [4.78, 5) is 21.3. The summed E-state index contributed by atoms with van der Waals surface area (Å²) in [6.07, 6.45) is 6.86. The lowest BCUT2D eigenvalue weighted by atomic mass is 10.1. The Morgan fingerprint density at radius 3 is 2.74 bits per heavy atom. The number of aromatic nitrogens is 2. The van der Waals surface area contributed by atoms with Crippen LogP contribution in [0.3, 0.4) is 0 Å². The largest absolute Gasteiger partial charge is 0.450 e. The van der Waals surface area contributed by atoms with Gasteiger partial charge in [0, 0.05) is 43.6 Å². The molecular weight excluding hydrogens is 244 g/mol. The molecule has 0 aliphatic carbocycles. The molecule has 1 aliphatic rings. The fourth-order valence-electron chi connectivity index (χ4n) is 2.16. The Kier molecular flexibility index (Phi) is 5.09. The summed E-state index contributed by atoms with van der Waals surface area (Å²) in [5.41, 5.74) is 1.08. The number of nitrogens with one attached hydrogen (secondary N) is 1. The summed E-state index contributed by atoms with van der Waals surface area (Å²) in [5.74, 6) is 0. The zero-order valence-electron chi connectivity index (χ0n) is 11.2. The van der Waals surface area contributed by atoms with Crippen LogP contribution in [0, 0.1) is 0 Å². The van der Waals surface area contributed by atoms with Crippen molar-refractivity contribution in [1.29, 1.82) is 0 Å². The molecule has 1 aliphatic heterocycles. The highest BCUT2D eigenvalue weighted by molar-refractivity contribution is 5.67. The van der Waals surface area contributed by atoms with Crippen molar-refractivity contribution in [1.82, 2.24) is 20.2 Å². The number of carbonyl (C=O) groups is 1. The first-order valence-corrected chi connectivity index (χ1v) is 6.68. The Morgan fingerprint density at radius 1 is 1.42 bits per heavy atom. The van der Waals surface area contributed by atoms with Crippen molar-refractivity contribution >= 4 is 6.09 Å².